The van der Waals surface area contributed by atoms with E-state index in [9.17, 15) is 9.59 Å². The Morgan fingerprint density at radius 2 is 1.68 bits per heavy atom. The second kappa shape index (κ2) is 10.5. The Bertz CT molecular complexity index is 778. The molecule has 0 aliphatic heterocycles. The fourth-order valence-electron chi connectivity index (χ4n) is 2.98. The first kappa shape index (κ1) is 21.4. The summed E-state index contributed by atoms with van der Waals surface area (Å²) in [5, 5.41) is 5.81. The minimum Gasteiger partial charge on any atom is -0.492 e. The van der Waals surface area contributed by atoms with Crippen LogP contribution in [-0.4, -0.2) is 43.0 Å². The average molecular weight is 383 g/mol. The summed E-state index contributed by atoms with van der Waals surface area (Å²) in [6.07, 6.45) is 0. The Balaban J connectivity index is 2.24. The maximum Gasteiger partial charge on any atom is 0.246 e. The smallest absolute Gasteiger partial charge is 0.246 e. The minimum absolute atomic E-state index is 0.0444. The van der Waals surface area contributed by atoms with Gasteiger partial charge in [-0.2, -0.15) is 0 Å². The molecule has 6 heteroatoms. The maximum atomic E-state index is 13.2. The molecule has 0 spiro atoms. The Morgan fingerprint density at radius 1 is 1.04 bits per heavy atom. The molecular formula is C22H29N3O3. The van der Waals surface area contributed by atoms with E-state index in [1.54, 1.807) is 18.0 Å². The van der Waals surface area contributed by atoms with Crippen LogP contribution in [0, 0.1) is 0 Å². The molecule has 2 aromatic rings. The van der Waals surface area contributed by atoms with Crippen LogP contribution in [0.1, 0.15) is 32.4 Å². The fourth-order valence-corrected chi connectivity index (χ4v) is 2.98. The molecule has 0 saturated carbocycles. The molecule has 0 aliphatic carbocycles. The molecule has 0 radical (unpaired) electrons. The molecule has 2 N–H and O–H groups in total. The summed E-state index contributed by atoms with van der Waals surface area (Å²) in [5.41, 5.74) is 1.42. The molecule has 0 saturated heterocycles. The number of hydrogen-bond acceptors (Lipinski definition) is 4. The molecule has 2 aromatic carbocycles. The number of benzene rings is 2. The van der Waals surface area contributed by atoms with Crippen molar-refractivity contribution in [3.8, 4) is 5.75 Å². The second-order valence-corrected chi connectivity index (χ2v) is 6.87. The molecule has 28 heavy (non-hydrogen) atoms. The van der Waals surface area contributed by atoms with E-state index in [0.717, 1.165) is 5.56 Å². The molecule has 1 atom stereocenters. The summed E-state index contributed by atoms with van der Waals surface area (Å²) in [7, 11) is 1.77. The number of nitrogens with zero attached hydrogens (tertiary/aromatic N) is 1. The molecule has 0 bridgehead atoms. The van der Waals surface area contributed by atoms with Crippen molar-refractivity contribution in [2.45, 2.75) is 32.9 Å². The summed E-state index contributed by atoms with van der Waals surface area (Å²) >= 11 is 0. The van der Waals surface area contributed by atoms with E-state index in [4.69, 9.17) is 4.74 Å². The Labute approximate surface area is 166 Å². The molecule has 0 aromatic heterocycles. The van der Waals surface area contributed by atoms with Gasteiger partial charge in [0, 0.05) is 6.04 Å². The third-order valence-corrected chi connectivity index (χ3v) is 4.09. The van der Waals surface area contributed by atoms with Gasteiger partial charge in [0.2, 0.25) is 11.8 Å². The zero-order valence-corrected chi connectivity index (χ0v) is 16.9. The lowest BCUT2D eigenvalue weighted by Crippen LogP contribution is -2.43. The lowest BCUT2D eigenvalue weighted by atomic mass is 10.0. The van der Waals surface area contributed by atoms with Crippen LogP contribution < -0.4 is 15.4 Å². The van der Waals surface area contributed by atoms with Crippen LogP contribution in [0.2, 0.25) is 0 Å². The molecule has 2 amide bonds. The number of ether oxygens (including phenoxy) is 1. The first-order valence-corrected chi connectivity index (χ1v) is 9.49. The molecule has 0 aliphatic rings. The predicted molar refractivity (Wildman–Crippen MR) is 111 cm³/mol. The zero-order chi connectivity index (χ0) is 20.5. The first-order chi connectivity index (χ1) is 13.4. The summed E-state index contributed by atoms with van der Waals surface area (Å²) in [6, 6.07) is 16.2. The number of para-hydroxylation sites is 2. The monoisotopic (exact) mass is 383 g/mol. The van der Waals surface area contributed by atoms with Gasteiger partial charge in [0.15, 0.2) is 0 Å². The van der Waals surface area contributed by atoms with Gasteiger partial charge < -0.3 is 15.4 Å². The number of nitrogens with one attached hydrogen (secondary N) is 2. The third kappa shape index (κ3) is 6.09. The molecule has 2 rings (SSSR count). The van der Waals surface area contributed by atoms with E-state index < -0.39 is 6.04 Å². The summed E-state index contributed by atoms with van der Waals surface area (Å²) in [6.45, 7) is 6.32. The lowest BCUT2D eigenvalue weighted by Gasteiger charge is -2.27. The van der Waals surface area contributed by atoms with Crippen molar-refractivity contribution >= 4 is 17.5 Å². The van der Waals surface area contributed by atoms with E-state index in [0.29, 0.717) is 18.0 Å². The number of likely N-dealkylation sites (N-methyl/N-ethyl adjacent to an activating group) is 1. The molecule has 0 fully saturated rings. The SMILES string of the molecule is CCOc1ccccc1NC(=O)C(c1ccccc1)N(C)CC(=O)NC(C)C. The lowest BCUT2D eigenvalue weighted by molar-refractivity contribution is -0.125. The van der Waals surface area contributed by atoms with E-state index in [1.807, 2.05) is 69.3 Å². The van der Waals surface area contributed by atoms with Gasteiger partial charge in [0.05, 0.1) is 18.8 Å². The van der Waals surface area contributed by atoms with Gasteiger partial charge in [-0.05, 0) is 45.5 Å². The highest BCUT2D eigenvalue weighted by atomic mass is 16.5. The van der Waals surface area contributed by atoms with Gasteiger partial charge in [0.25, 0.3) is 0 Å². The third-order valence-electron chi connectivity index (χ3n) is 4.09. The van der Waals surface area contributed by atoms with Crippen LogP contribution in [0.25, 0.3) is 0 Å². The predicted octanol–water partition coefficient (Wildman–Crippen LogP) is 3.22. The second-order valence-electron chi connectivity index (χ2n) is 6.87. The van der Waals surface area contributed by atoms with Crippen molar-refractivity contribution in [1.82, 2.24) is 10.2 Å². The number of carbonyl (C=O) groups is 2. The Kier molecular flexibility index (Phi) is 8.02. The molecule has 6 nitrogen and oxygen atoms in total. The molecule has 0 heterocycles. The summed E-state index contributed by atoms with van der Waals surface area (Å²) < 4.78 is 5.60. The van der Waals surface area contributed by atoms with Gasteiger partial charge >= 0.3 is 0 Å². The number of rotatable bonds is 9. The van der Waals surface area contributed by atoms with Crippen molar-refractivity contribution in [2.24, 2.45) is 0 Å². The van der Waals surface area contributed by atoms with Gasteiger partial charge in [0.1, 0.15) is 11.8 Å². The molecular weight excluding hydrogens is 354 g/mol. The van der Waals surface area contributed by atoms with Gasteiger partial charge in [-0.1, -0.05) is 42.5 Å². The highest BCUT2D eigenvalue weighted by molar-refractivity contribution is 5.97. The number of hydrogen-bond donors (Lipinski definition) is 2. The minimum atomic E-state index is -0.617. The summed E-state index contributed by atoms with van der Waals surface area (Å²) in [5.74, 6) is 0.268. The van der Waals surface area contributed by atoms with Crippen molar-refractivity contribution in [1.29, 1.82) is 0 Å². The van der Waals surface area contributed by atoms with E-state index in [-0.39, 0.29) is 24.4 Å². The van der Waals surface area contributed by atoms with Crippen LogP contribution in [0.15, 0.2) is 54.6 Å². The fraction of sp³-hybridized carbons (Fsp3) is 0.364. The molecule has 1 unspecified atom stereocenters. The zero-order valence-electron chi connectivity index (χ0n) is 16.9. The van der Waals surface area contributed by atoms with Crippen LogP contribution in [-0.2, 0) is 9.59 Å². The largest absolute Gasteiger partial charge is 0.492 e. The summed E-state index contributed by atoms with van der Waals surface area (Å²) in [4.78, 5) is 27.1. The van der Waals surface area contributed by atoms with Crippen LogP contribution >= 0.6 is 0 Å². The van der Waals surface area contributed by atoms with Crippen molar-refractivity contribution in [2.75, 3.05) is 25.5 Å². The van der Waals surface area contributed by atoms with Crippen molar-refractivity contribution in [3.63, 3.8) is 0 Å². The maximum absolute atomic E-state index is 13.2. The quantitative estimate of drug-likeness (QED) is 0.698. The highest BCUT2D eigenvalue weighted by Gasteiger charge is 2.27. The van der Waals surface area contributed by atoms with Crippen LogP contribution in [0.3, 0.4) is 0 Å². The van der Waals surface area contributed by atoms with Crippen molar-refractivity contribution < 1.29 is 14.3 Å². The standard InChI is InChI=1S/C22H29N3O3/c1-5-28-19-14-10-9-13-18(19)24-22(27)21(17-11-7-6-8-12-17)25(4)15-20(26)23-16(2)3/h6-14,16,21H,5,15H2,1-4H3,(H,23,26)(H,24,27). The number of carbonyl (C=O) groups excluding carboxylic acids is 2. The Hall–Kier alpha value is -2.86. The van der Waals surface area contributed by atoms with Crippen LogP contribution in [0.4, 0.5) is 5.69 Å². The van der Waals surface area contributed by atoms with Gasteiger partial charge in [-0.3, -0.25) is 14.5 Å². The van der Waals surface area contributed by atoms with E-state index in [2.05, 4.69) is 10.6 Å². The Morgan fingerprint density at radius 3 is 2.32 bits per heavy atom. The molecule has 150 valence electrons. The van der Waals surface area contributed by atoms with Crippen molar-refractivity contribution in [3.05, 3.63) is 60.2 Å². The first-order valence-electron chi connectivity index (χ1n) is 9.49. The van der Waals surface area contributed by atoms with Crippen LogP contribution in [0.5, 0.6) is 5.75 Å². The van der Waals surface area contributed by atoms with Gasteiger partial charge in [-0.15, -0.1) is 0 Å². The number of amides is 2. The van der Waals surface area contributed by atoms with E-state index in [1.165, 1.54) is 0 Å². The normalized spacial score (nSPS) is 11.9. The average Bonchev–Trinajstić information content (AvgIpc) is 2.64. The topological polar surface area (TPSA) is 70.7 Å². The van der Waals surface area contributed by atoms with Gasteiger partial charge in [-0.25, -0.2) is 0 Å². The number of anilines is 1. The van der Waals surface area contributed by atoms with E-state index >= 15 is 0 Å². The highest BCUT2D eigenvalue weighted by Crippen LogP contribution is 2.27.